The summed E-state index contributed by atoms with van der Waals surface area (Å²) in [4.78, 5) is 11.3. The van der Waals surface area contributed by atoms with Gasteiger partial charge in [0.2, 0.25) is 5.91 Å². The van der Waals surface area contributed by atoms with Crippen molar-refractivity contribution in [2.24, 2.45) is 5.73 Å². The number of amides is 1. The summed E-state index contributed by atoms with van der Waals surface area (Å²) in [6.07, 6.45) is 2.09. The van der Waals surface area contributed by atoms with Gasteiger partial charge in [0.1, 0.15) is 5.75 Å². The van der Waals surface area contributed by atoms with E-state index < -0.39 is 0 Å². The Morgan fingerprint density at radius 1 is 1.33 bits per heavy atom. The zero-order valence-electron chi connectivity index (χ0n) is 10.6. The molecule has 0 saturated carbocycles. The minimum atomic E-state index is 0. The van der Waals surface area contributed by atoms with E-state index in [-0.39, 0.29) is 18.3 Å². The third kappa shape index (κ3) is 6.47. The van der Waals surface area contributed by atoms with E-state index in [4.69, 9.17) is 10.5 Å². The molecule has 1 amide bonds. The van der Waals surface area contributed by atoms with Crippen LogP contribution in [-0.2, 0) is 11.2 Å². The summed E-state index contributed by atoms with van der Waals surface area (Å²) in [6.45, 7) is 1.22. The molecule has 1 rings (SSSR count). The van der Waals surface area contributed by atoms with Crippen LogP contribution in [0, 0.1) is 0 Å². The molecule has 0 atom stereocenters. The minimum absolute atomic E-state index is 0. The Morgan fingerprint density at radius 2 is 2.00 bits per heavy atom. The van der Waals surface area contributed by atoms with Crippen LogP contribution in [0.25, 0.3) is 0 Å². The molecule has 1 aromatic rings. The lowest BCUT2D eigenvalue weighted by Gasteiger charge is -2.05. The van der Waals surface area contributed by atoms with Crippen molar-refractivity contribution in [3.8, 4) is 5.75 Å². The monoisotopic (exact) mass is 272 g/mol. The Kier molecular flexibility index (Phi) is 9.06. The first kappa shape index (κ1) is 16.7. The number of ether oxygens (including phenoxy) is 1. The first-order chi connectivity index (χ1) is 8.26. The van der Waals surface area contributed by atoms with Crippen molar-refractivity contribution < 1.29 is 9.53 Å². The third-order valence-electron chi connectivity index (χ3n) is 2.50. The molecule has 18 heavy (non-hydrogen) atoms. The van der Waals surface area contributed by atoms with Crippen LogP contribution in [0.4, 0.5) is 0 Å². The molecule has 0 aliphatic rings. The van der Waals surface area contributed by atoms with Gasteiger partial charge >= 0.3 is 0 Å². The molecule has 0 heterocycles. The zero-order chi connectivity index (χ0) is 12.5. The number of nitrogens with two attached hydrogens (primary N) is 1. The van der Waals surface area contributed by atoms with Gasteiger partial charge in [0, 0.05) is 13.0 Å². The van der Waals surface area contributed by atoms with Crippen molar-refractivity contribution >= 4 is 18.3 Å². The van der Waals surface area contributed by atoms with Gasteiger partial charge in [-0.25, -0.2) is 0 Å². The van der Waals surface area contributed by atoms with E-state index in [2.05, 4.69) is 5.32 Å². The average molecular weight is 273 g/mol. The first-order valence-electron chi connectivity index (χ1n) is 5.86. The van der Waals surface area contributed by atoms with E-state index in [1.54, 1.807) is 7.11 Å². The number of hydrogen-bond donors (Lipinski definition) is 2. The molecule has 0 bridgehead atoms. The number of hydrogen-bond acceptors (Lipinski definition) is 3. The van der Waals surface area contributed by atoms with Crippen LogP contribution < -0.4 is 15.8 Å². The molecule has 0 spiro atoms. The van der Waals surface area contributed by atoms with Crippen LogP contribution in [0.3, 0.4) is 0 Å². The molecular formula is C13H21ClN2O2. The SMILES string of the molecule is COc1ccc(CCNC(=O)CCCN)cc1.Cl. The summed E-state index contributed by atoms with van der Waals surface area (Å²) in [5.41, 5.74) is 6.52. The van der Waals surface area contributed by atoms with E-state index >= 15 is 0 Å². The molecule has 0 fully saturated rings. The molecule has 0 saturated heterocycles. The highest BCUT2D eigenvalue weighted by atomic mass is 35.5. The second-order valence-corrected chi connectivity index (χ2v) is 3.84. The third-order valence-corrected chi connectivity index (χ3v) is 2.50. The number of nitrogens with one attached hydrogen (secondary N) is 1. The van der Waals surface area contributed by atoms with Crippen LogP contribution in [0.15, 0.2) is 24.3 Å². The van der Waals surface area contributed by atoms with E-state index in [1.807, 2.05) is 24.3 Å². The van der Waals surface area contributed by atoms with Crippen molar-refractivity contribution in [1.29, 1.82) is 0 Å². The lowest BCUT2D eigenvalue weighted by molar-refractivity contribution is -0.121. The first-order valence-corrected chi connectivity index (χ1v) is 5.86. The fourth-order valence-corrected chi connectivity index (χ4v) is 1.49. The summed E-state index contributed by atoms with van der Waals surface area (Å²) < 4.78 is 5.07. The van der Waals surface area contributed by atoms with Crippen molar-refractivity contribution in [1.82, 2.24) is 5.32 Å². The van der Waals surface area contributed by atoms with Crippen LogP contribution in [0.5, 0.6) is 5.75 Å². The fraction of sp³-hybridized carbons (Fsp3) is 0.462. The summed E-state index contributed by atoms with van der Waals surface area (Å²) in [7, 11) is 1.65. The molecule has 5 heteroatoms. The van der Waals surface area contributed by atoms with Crippen molar-refractivity contribution in [3.05, 3.63) is 29.8 Å². The van der Waals surface area contributed by atoms with E-state index in [0.717, 1.165) is 18.6 Å². The summed E-state index contributed by atoms with van der Waals surface area (Å²) >= 11 is 0. The molecule has 3 N–H and O–H groups in total. The zero-order valence-corrected chi connectivity index (χ0v) is 11.5. The Hall–Kier alpha value is -1.26. The van der Waals surface area contributed by atoms with Gasteiger partial charge in [-0.2, -0.15) is 0 Å². The Bertz CT molecular complexity index is 341. The maximum Gasteiger partial charge on any atom is 0.220 e. The van der Waals surface area contributed by atoms with Crippen LogP contribution in [-0.4, -0.2) is 26.1 Å². The van der Waals surface area contributed by atoms with Gasteiger partial charge in [0.05, 0.1) is 7.11 Å². The predicted octanol–water partition coefficient (Wildman–Crippen LogP) is 1.51. The van der Waals surface area contributed by atoms with Gasteiger partial charge in [-0.15, -0.1) is 12.4 Å². The Balaban J connectivity index is 0.00000289. The summed E-state index contributed by atoms with van der Waals surface area (Å²) in [5.74, 6) is 0.921. The van der Waals surface area contributed by atoms with Crippen LogP contribution in [0.1, 0.15) is 18.4 Å². The lowest BCUT2D eigenvalue weighted by atomic mass is 10.1. The number of halogens is 1. The number of carbonyl (C=O) groups is 1. The second-order valence-electron chi connectivity index (χ2n) is 3.84. The van der Waals surface area contributed by atoms with Crippen molar-refractivity contribution in [2.75, 3.05) is 20.2 Å². The molecule has 0 radical (unpaired) electrons. The highest BCUT2D eigenvalue weighted by Gasteiger charge is 2.00. The smallest absolute Gasteiger partial charge is 0.220 e. The Labute approximate surface area is 114 Å². The van der Waals surface area contributed by atoms with E-state index in [9.17, 15) is 4.79 Å². The van der Waals surface area contributed by atoms with E-state index in [0.29, 0.717) is 19.5 Å². The van der Waals surface area contributed by atoms with Gasteiger partial charge in [0.15, 0.2) is 0 Å². The van der Waals surface area contributed by atoms with Gasteiger partial charge in [-0.05, 0) is 37.1 Å². The fourth-order valence-electron chi connectivity index (χ4n) is 1.49. The topological polar surface area (TPSA) is 64.3 Å². The molecule has 0 aromatic heterocycles. The maximum absolute atomic E-state index is 11.3. The largest absolute Gasteiger partial charge is 0.497 e. The Morgan fingerprint density at radius 3 is 2.56 bits per heavy atom. The van der Waals surface area contributed by atoms with Gasteiger partial charge in [-0.3, -0.25) is 4.79 Å². The predicted molar refractivity (Wildman–Crippen MR) is 75.2 cm³/mol. The standard InChI is InChI=1S/C13H20N2O2.ClH/c1-17-12-6-4-11(5-7-12)8-10-15-13(16)3-2-9-14;/h4-7H,2-3,8-10,14H2,1H3,(H,15,16);1H. The van der Waals surface area contributed by atoms with E-state index in [1.165, 1.54) is 5.56 Å². The van der Waals surface area contributed by atoms with Gasteiger partial charge in [0.25, 0.3) is 0 Å². The van der Waals surface area contributed by atoms with Crippen LogP contribution in [0.2, 0.25) is 0 Å². The number of methoxy groups -OCH3 is 1. The molecule has 0 aliphatic heterocycles. The minimum Gasteiger partial charge on any atom is -0.497 e. The number of carbonyl (C=O) groups excluding carboxylic acids is 1. The van der Waals surface area contributed by atoms with Crippen LogP contribution >= 0.6 is 12.4 Å². The highest BCUT2D eigenvalue weighted by molar-refractivity contribution is 5.85. The van der Waals surface area contributed by atoms with Gasteiger partial charge in [-0.1, -0.05) is 12.1 Å². The summed E-state index contributed by atoms with van der Waals surface area (Å²) in [6, 6.07) is 7.85. The molecule has 0 unspecified atom stereocenters. The van der Waals surface area contributed by atoms with Gasteiger partial charge < -0.3 is 15.8 Å². The average Bonchev–Trinajstić information content (AvgIpc) is 2.37. The highest BCUT2D eigenvalue weighted by Crippen LogP contribution is 2.11. The second kappa shape index (κ2) is 9.74. The normalized spacial score (nSPS) is 9.44. The summed E-state index contributed by atoms with van der Waals surface area (Å²) in [5, 5.41) is 2.87. The lowest BCUT2D eigenvalue weighted by Crippen LogP contribution is -2.25. The quantitative estimate of drug-likeness (QED) is 0.791. The number of benzene rings is 1. The number of rotatable bonds is 7. The molecule has 0 aliphatic carbocycles. The van der Waals surface area contributed by atoms with Crippen molar-refractivity contribution in [2.45, 2.75) is 19.3 Å². The molecule has 1 aromatic carbocycles. The molecule has 4 nitrogen and oxygen atoms in total. The molecule has 102 valence electrons. The van der Waals surface area contributed by atoms with Crippen molar-refractivity contribution in [3.63, 3.8) is 0 Å². The maximum atomic E-state index is 11.3. The molecular weight excluding hydrogens is 252 g/mol.